The molecule has 0 N–H and O–H groups in total. The first-order valence-electron chi connectivity index (χ1n) is 5.95. The molecule has 2 rings (SSSR count). The highest BCUT2D eigenvalue weighted by Gasteiger charge is 2.30. The van der Waals surface area contributed by atoms with Crippen molar-refractivity contribution in [2.45, 2.75) is 32.9 Å². The van der Waals surface area contributed by atoms with Crippen molar-refractivity contribution < 1.29 is 13.2 Å². The highest BCUT2D eigenvalue weighted by molar-refractivity contribution is 5.86. The minimum absolute atomic E-state index is 0.599. The van der Waals surface area contributed by atoms with E-state index in [4.69, 9.17) is 0 Å². The fraction of sp³-hybridized carbons (Fsp3) is 0.357. The average molecular weight is 253 g/mol. The monoisotopic (exact) mass is 253 g/mol. The van der Waals surface area contributed by atoms with Crippen LogP contribution in [-0.2, 0) is 19.0 Å². The standard InChI is InChI=1S/C14H14F3N/c1-3-11-12-7-10(14(15,16)17)6-5-9(12)8-18-13(11)4-2/h5-8H,3-4H2,1-2H3. The molecule has 0 bridgehead atoms. The van der Waals surface area contributed by atoms with E-state index in [9.17, 15) is 13.2 Å². The summed E-state index contributed by atoms with van der Waals surface area (Å²) in [7, 11) is 0. The number of nitrogens with zero attached hydrogens (tertiary/aromatic N) is 1. The van der Waals surface area contributed by atoms with E-state index in [2.05, 4.69) is 4.98 Å². The molecule has 96 valence electrons. The molecule has 0 aliphatic rings. The zero-order valence-corrected chi connectivity index (χ0v) is 10.3. The summed E-state index contributed by atoms with van der Waals surface area (Å²) in [5.41, 5.74) is 1.20. The molecule has 0 spiro atoms. The van der Waals surface area contributed by atoms with Gasteiger partial charge in [0.15, 0.2) is 0 Å². The van der Waals surface area contributed by atoms with Crippen LogP contribution in [-0.4, -0.2) is 4.98 Å². The van der Waals surface area contributed by atoms with Crippen molar-refractivity contribution in [2.75, 3.05) is 0 Å². The Bertz CT molecular complexity index is 573. The third-order valence-electron chi connectivity index (χ3n) is 3.10. The van der Waals surface area contributed by atoms with Gasteiger partial charge in [0.1, 0.15) is 0 Å². The van der Waals surface area contributed by atoms with E-state index in [1.165, 1.54) is 12.1 Å². The van der Waals surface area contributed by atoms with E-state index in [-0.39, 0.29) is 0 Å². The molecular formula is C14H14F3N. The zero-order valence-electron chi connectivity index (χ0n) is 10.3. The fourth-order valence-corrected chi connectivity index (χ4v) is 2.19. The van der Waals surface area contributed by atoms with Crippen LogP contribution in [0.25, 0.3) is 10.8 Å². The third kappa shape index (κ3) is 2.19. The topological polar surface area (TPSA) is 12.9 Å². The lowest BCUT2D eigenvalue weighted by Crippen LogP contribution is -2.05. The Morgan fingerprint density at radius 3 is 2.39 bits per heavy atom. The van der Waals surface area contributed by atoms with Crippen LogP contribution in [0.4, 0.5) is 13.2 Å². The van der Waals surface area contributed by atoms with Gasteiger partial charge in [0.05, 0.1) is 5.56 Å². The van der Waals surface area contributed by atoms with Crippen LogP contribution >= 0.6 is 0 Å². The van der Waals surface area contributed by atoms with E-state index in [1.54, 1.807) is 6.20 Å². The second-order valence-corrected chi connectivity index (χ2v) is 4.19. The smallest absolute Gasteiger partial charge is 0.260 e. The maximum absolute atomic E-state index is 12.7. The summed E-state index contributed by atoms with van der Waals surface area (Å²) in [5.74, 6) is 0. The van der Waals surface area contributed by atoms with Crippen LogP contribution < -0.4 is 0 Å². The Labute approximate surface area is 104 Å². The lowest BCUT2D eigenvalue weighted by atomic mass is 9.99. The van der Waals surface area contributed by atoms with Crippen LogP contribution in [0, 0.1) is 0 Å². The quantitative estimate of drug-likeness (QED) is 0.774. The van der Waals surface area contributed by atoms with Crippen LogP contribution in [0.1, 0.15) is 30.7 Å². The van der Waals surface area contributed by atoms with Crippen LogP contribution in [0.15, 0.2) is 24.4 Å². The summed E-state index contributed by atoms with van der Waals surface area (Å²) >= 11 is 0. The molecule has 2 aromatic rings. The Hall–Kier alpha value is -1.58. The summed E-state index contributed by atoms with van der Waals surface area (Å²) in [6, 6.07) is 3.83. The molecule has 1 aromatic heterocycles. The molecule has 0 atom stereocenters. The van der Waals surface area contributed by atoms with Crippen LogP contribution in [0.3, 0.4) is 0 Å². The molecule has 0 saturated carbocycles. The fourth-order valence-electron chi connectivity index (χ4n) is 2.19. The van der Waals surface area contributed by atoms with E-state index < -0.39 is 11.7 Å². The van der Waals surface area contributed by atoms with Crippen LogP contribution in [0.5, 0.6) is 0 Å². The largest absolute Gasteiger partial charge is 0.416 e. The van der Waals surface area contributed by atoms with Crippen molar-refractivity contribution in [3.8, 4) is 0 Å². The Morgan fingerprint density at radius 1 is 1.11 bits per heavy atom. The van der Waals surface area contributed by atoms with Crippen molar-refractivity contribution in [1.29, 1.82) is 0 Å². The van der Waals surface area contributed by atoms with Gasteiger partial charge in [-0.15, -0.1) is 0 Å². The summed E-state index contributed by atoms with van der Waals surface area (Å²) in [6.07, 6.45) is -1.23. The Morgan fingerprint density at radius 2 is 1.83 bits per heavy atom. The number of hydrogen-bond donors (Lipinski definition) is 0. The van der Waals surface area contributed by atoms with Crippen molar-refractivity contribution in [2.24, 2.45) is 0 Å². The van der Waals surface area contributed by atoms with Gasteiger partial charge in [-0.2, -0.15) is 13.2 Å². The molecule has 0 aliphatic carbocycles. The van der Waals surface area contributed by atoms with Crippen LogP contribution in [0.2, 0.25) is 0 Å². The molecular weight excluding hydrogens is 239 g/mol. The molecule has 18 heavy (non-hydrogen) atoms. The predicted molar refractivity (Wildman–Crippen MR) is 65.5 cm³/mol. The van der Waals surface area contributed by atoms with Gasteiger partial charge in [-0.05, 0) is 35.9 Å². The van der Waals surface area contributed by atoms with Gasteiger partial charge in [0.25, 0.3) is 0 Å². The third-order valence-corrected chi connectivity index (χ3v) is 3.10. The minimum atomic E-state index is -4.30. The molecule has 1 heterocycles. The maximum Gasteiger partial charge on any atom is 0.416 e. The molecule has 1 nitrogen and oxygen atoms in total. The lowest BCUT2D eigenvalue weighted by Gasteiger charge is -2.12. The van der Waals surface area contributed by atoms with Gasteiger partial charge < -0.3 is 0 Å². The molecule has 1 aromatic carbocycles. The summed E-state index contributed by atoms with van der Waals surface area (Å²) in [6.45, 7) is 3.90. The van der Waals surface area contributed by atoms with E-state index in [1.807, 2.05) is 13.8 Å². The first-order chi connectivity index (χ1) is 8.47. The number of fused-ring (bicyclic) bond motifs is 1. The number of aromatic nitrogens is 1. The molecule has 0 radical (unpaired) electrons. The summed E-state index contributed by atoms with van der Waals surface area (Å²) in [4.78, 5) is 4.31. The van der Waals surface area contributed by atoms with Crippen molar-refractivity contribution in [1.82, 2.24) is 4.98 Å². The second-order valence-electron chi connectivity index (χ2n) is 4.19. The molecule has 0 unspecified atom stereocenters. The first-order valence-corrected chi connectivity index (χ1v) is 5.95. The number of aryl methyl sites for hydroxylation is 2. The van der Waals surface area contributed by atoms with Gasteiger partial charge >= 0.3 is 6.18 Å². The lowest BCUT2D eigenvalue weighted by molar-refractivity contribution is -0.137. The van der Waals surface area contributed by atoms with Gasteiger partial charge in [-0.1, -0.05) is 19.9 Å². The average Bonchev–Trinajstić information content (AvgIpc) is 2.35. The maximum atomic E-state index is 12.7. The van der Waals surface area contributed by atoms with Gasteiger partial charge in [-0.25, -0.2) is 0 Å². The first kappa shape index (κ1) is 12.9. The van der Waals surface area contributed by atoms with Crippen molar-refractivity contribution in [3.05, 3.63) is 41.2 Å². The number of pyridine rings is 1. The second kappa shape index (κ2) is 4.59. The van der Waals surface area contributed by atoms with Crippen molar-refractivity contribution >= 4 is 10.8 Å². The van der Waals surface area contributed by atoms with Gasteiger partial charge in [-0.3, -0.25) is 4.98 Å². The highest BCUT2D eigenvalue weighted by Crippen LogP contribution is 2.32. The van der Waals surface area contributed by atoms with Gasteiger partial charge in [0, 0.05) is 17.3 Å². The molecule has 4 heteroatoms. The predicted octanol–water partition coefficient (Wildman–Crippen LogP) is 4.38. The van der Waals surface area contributed by atoms with Crippen molar-refractivity contribution in [3.63, 3.8) is 0 Å². The minimum Gasteiger partial charge on any atom is -0.260 e. The SMILES string of the molecule is CCc1ncc2ccc(C(F)(F)F)cc2c1CC. The number of halogens is 3. The van der Waals surface area contributed by atoms with E-state index in [0.717, 1.165) is 29.1 Å². The number of benzene rings is 1. The molecule has 0 amide bonds. The van der Waals surface area contributed by atoms with E-state index in [0.29, 0.717) is 11.8 Å². The molecule has 0 aliphatic heterocycles. The number of hydrogen-bond acceptors (Lipinski definition) is 1. The summed E-state index contributed by atoms with van der Waals surface area (Å²) < 4.78 is 38.2. The molecule has 0 saturated heterocycles. The Balaban J connectivity index is 2.73. The molecule has 0 fully saturated rings. The number of alkyl halides is 3. The highest BCUT2D eigenvalue weighted by atomic mass is 19.4. The number of rotatable bonds is 2. The zero-order chi connectivity index (χ0) is 13.3. The summed E-state index contributed by atoms with van der Waals surface area (Å²) in [5, 5.41) is 1.43. The van der Waals surface area contributed by atoms with E-state index >= 15 is 0 Å². The van der Waals surface area contributed by atoms with Gasteiger partial charge in [0.2, 0.25) is 0 Å². The normalized spacial score (nSPS) is 12.1. The Kier molecular flexibility index (Phi) is 3.28.